The van der Waals surface area contributed by atoms with Crippen molar-refractivity contribution in [2.24, 2.45) is 0 Å². The van der Waals surface area contributed by atoms with E-state index in [4.69, 9.17) is 5.11 Å². The molecule has 0 aliphatic heterocycles. The van der Waals surface area contributed by atoms with E-state index in [2.05, 4.69) is 40.2 Å². The minimum absolute atomic E-state index is 0.0988. The Bertz CT molecular complexity index is 420. The SMILES string of the molecule is CCCC(C)Nc1cnn(CCO)c(=O)c1Br. The second-order valence-electron chi connectivity index (χ2n) is 3.96. The number of rotatable bonds is 6. The molecule has 6 heteroatoms. The number of aromatic nitrogens is 2. The highest BCUT2D eigenvalue weighted by Crippen LogP contribution is 2.18. The Morgan fingerprint density at radius 2 is 2.35 bits per heavy atom. The maximum absolute atomic E-state index is 11.8. The Morgan fingerprint density at radius 3 is 2.94 bits per heavy atom. The van der Waals surface area contributed by atoms with Crippen LogP contribution in [0.4, 0.5) is 5.69 Å². The lowest BCUT2D eigenvalue weighted by atomic mass is 10.2. The molecule has 0 spiro atoms. The number of aliphatic hydroxyl groups is 1. The quantitative estimate of drug-likeness (QED) is 0.838. The van der Waals surface area contributed by atoms with Gasteiger partial charge in [-0.2, -0.15) is 5.10 Å². The minimum atomic E-state index is -0.229. The van der Waals surface area contributed by atoms with Crippen LogP contribution >= 0.6 is 15.9 Å². The fourth-order valence-corrected chi connectivity index (χ4v) is 2.01. The highest BCUT2D eigenvalue weighted by Gasteiger charge is 2.10. The first-order chi connectivity index (χ1) is 8.10. The predicted octanol–water partition coefficient (Wildman–Crippen LogP) is 1.60. The summed E-state index contributed by atoms with van der Waals surface area (Å²) in [5.74, 6) is 0. The second-order valence-corrected chi connectivity index (χ2v) is 4.75. The normalized spacial score (nSPS) is 12.5. The van der Waals surface area contributed by atoms with E-state index in [0.717, 1.165) is 12.8 Å². The molecule has 0 aliphatic rings. The van der Waals surface area contributed by atoms with Gasteiger partial charge in [0.2, 0.25) is 0 Å². The average Bonchev–Trinajstić information content (AvgIpc) is 2.29. The Morgan fingerprint density at radius 1 is 1.65 bits per heavy atom. The summed E-state index contributed by atoms with van der Waals surface area (Å²) in [4.78, 5) is 11.8. The largest absolute Gasteiger partial charge is 0.394 e. The van der Waals surface area contributed by atoms with Gasteiger partial charge < -0.3 is 10.4 Å². The number of anilines is 1. The molecule has 1 aromatic rings. The van der Waals surface area contributed by atoms with Crippen molar-refractivity contribution in [1.82, 2.24) is 9.78 Å². The maximum Gasteiger partial charge on any atom is 0.283 e. The molecular weight excluding hydrogens is 286 g/mol. The lowest BCUT2D eigenvalue weighted by Gasteiger charge is -2.15. The van der Waals surface area contributed by atoms with Crippen molar-refractivity contribution in [1.29, 1.82) is 0 Å². The third-order valence-corrected chi connectivity index (χ3v) is 3.19. The van der Waals surface area contributed by atoms with Gasteiger partial charge in [0.15, 0.2) is 0 Å². The molecule has 1 heterocycles. The lowest BCUT2D eigenvalue weighted by molar-refractivity contribution is 0.266. The van der Waals surface area contributed by atoms with Crippen LogP contribution in [0.3, 0.4) is 0 Å². The van der Waals surface area contributed by atoms with E-state index in [1.165, 1.54) is 4.68 Å². The summed E-state index contributed by atoms with van der Waals surface area (Å²) < 4.78 is 1.70. The molecule has 1 atom stereocenters. The van der Waals surface area contributed by atoms with Crippen LogP contribution in [0.15, 0.2) is 15.5 Å². The minimum Gasteiger partial charge on any atom is -0.394 e. The van der Waals surface area contributed by atoms with Gasteiger partial charge in [0.25, 0.3) is 5.56 Å². The summed E-state index contributed by atoms with van der Waals surface area (Å²) in [6.45, 7) is 4.29. The standard InChI is InChI=1S/C11H18BrN3O2/c1-3-4-8(2)14-9-7-13-15(5-6-16)11(17)10(9)12/h7-8,14,16H,3-6H2,1-2H3. The zero-order valence-corrected chi connectivity index (χ0v) is 11.7. The number of hydrogen-bond donors (Lipinski definition) is 2. The van der Waals surface area contributed by atoms with E-state index in [9.17, 15) is 4.79 Å². The van der Waals surface area contributed by atoms with Gasteiger partial charge in [0, 0.05) is 6.04 Å². The fraction of sp³-hybridized carbons (Fsp3) is 0.636. The van der Waals surface area contributed by atoms with Crippen LogP contribution in [0, 0.1) is 0 Å². The second kappa shape index (κ2) is 6.76. The molecule has 96 valence electrons. The highest BCUT2D eigenvalue weighted by atomic mass is 79.9. The number of halogens is 1. The van der Waals surface area contributed by atoms with Crippen LogP contribution in [-0.4, -0.2) is 27.5 Å². The summed E-state index contributed by atoms with van der Waals surface area (Å²) in [7, 11) is 0. The summed E-state index contributed by atoms with van der Waals surface area (Å²) in [6.07, 6.45) is 3.72. The van der Waals surface area contributed by atoms with Gasteiger partial charge in [-0.15, -0.1) is 0 Å². The van der Waals surface area contributed by atoms with Crippen molar-refractivity contribution in [3.05, 3.63) is 21.0 Å². The third-order valence-electron chi connectivity index (χ3n) is 2.42. The molecule has 0 bridgehead atoms. The monoisotopic (exact) mass is 303 g/mol. The Labute approximate surface area is 109 Å². The molecule has 1 unspecified atom stereocenters. The molecule has 0 fully saturated rings. The van der Waals surface area contributed by atoms with E-state index in [1.54, 1.807) is 6.20 Å². The first-order valence-corrected chi connectivity index (χ1v) is 6.52. The van der Waals surface area contributed by atoms with Crippen molar-refractivity contribution < 1.29 is 5.11 Å². The molecule has 0 radical (unpaired) electrons. The Hall–Kier alpha value is -0.880. The molecule has 1 aromatic heterocycles. The van der Waals surface area contributed by atoms with E-state index >= 15 is 0 Å². The fourth-order valence-electron chi connectivity index (χ4n) is 1.59. The van der Waals surface area contributed by atoms with E-state index in [0.29, 0.717) is 16.2 Å². The van der Waals surface area contributed by atoms with Crippen molar-refractivity contribution in [3.8, 4) is 0 Å². The number of nitrogens with one attached hydrogen (secondary N) is 1. The van der Waals surface area contributed by atoms with Crippen LogP contribution in [0.2, 0.25) is 0 Å². The molecule has 0 aliphatic carbocycles. The van der Waals surface area contributed by atoms with Gasteiger partial charge in [-0.3, -0.25) is 4.79 Å². The van der Waals surface area contributed by atoms with E-state index < -0.39 is 0 Å². The molecule has 0 saturated heterocycles. The van der Waals surface area contributed by atoms with Gasteiger partial charge in [-0.1, -0.05) is 13.3 Å². The summed E-state index contributed by atoms with van der Waals surface area (Å²) >= 11 is 3.26. The molecule has 17 heavy (non-hydrogen) atoms. The van der Waals surface area contributed by atoms with Crippen LogP contribution < -0.4 is 10.9 Å². The zero-order chi connectivity index (χ0) is 12.8. The molecule has 1 rings (SSSR count). The van der Waals surface area contributed by atoms with Crippen LogP contribution in [0.1, 0.15) is 26.7 Å². The highest BCUT2D eigenvalue weighted by molar-refractivity contribution is 9.10. The first kappa shape index (κ1) is 14.2. The Kier molecular flexibility index (Phi) is 5.64. The molecule has 0 amide bonds. The van der Waals surface area contributed by atoms with Crippen LogP contribution in [-0.2, 0) is 6.54 Å². The molecule has 5 nitrogen and oxygen atoms in total. The average molecular weight is 304 g/mol. The van der Waals surface area contributed by atoms with Crippen LogP contribution in [0.5, 0.6) is 0 Å². The van der Waals surface area contributed by atoms with Crippen molar-refractivity contribution in [2.75, 3.05) is 11.9 Å². The van der Waals surface area contributed by atoms with Gasteiger partial charge in [0.05, 0.1) is 25.0 Å². The van der Waals surface area contributed by atoms with Crippen molar-refractivity contribution in [3.63, 3.8) is 0 Å². The van der Waals surface area contributed by atoms with Gasteiger partial charge in [0.1, 0.15) is 4.47 Å². The lowest BCUT2D eigenvalue weighted by Crippen LogP contribution is -2.27. The van der Waals surface area contributed by atoms with Crippen molar-refractivity contribution in [2.45, 2.75) is 39.3 Å². The summed E-state index contributed by atoms with van der Waals surface area (Å²) in [6, 6.07) is 0.297. The summed E-state index contributed by atoms with van der Waals surface area (Å²) in [5, 5.41) is 16.0. The van der Waals surface area contributed by atoms with Gasteiger partial charge >= 0.3 is 0 Å². The summed E-state index contributed by atoms with van der Waals surface area (Å²) in [5.41, 5.74) is 0.470. The molecular formula is C11H18BrN3O2. The molecule has 0 aromatic carbocycles. The number of hydrogen-bond acceptors (Lipinski definition) is 4. The van der Waals surface area contributed by atoms with Gasteiger partial charge in [-0.25, -0.2) is 4.68 Å². The predicted molar refractivity (Wildman–Crippen MR) is 71.3 cm³/mol. The number of nitrogens with zero attached hydrogens (tertiary/aromatic N) is 2. The maximum atomic E-state index is 11.8. The molecule has 2 N–H and O–H groups in total. The van der Waals surface area contributed by atoms with Crippen LogP contribution in [0.25, 0.3) is 0 Å². The van der Waals surface area contributed by atoms with E-state index in [1.807, 2.05) is 0 Å². The topological polar surface area (TPSA) is 67.2 Å². The third kappa shape index (κ3) is 3.81. The van der Waals surface area contributed by atoms with E-state index in [-0.39, 0.29) is 18.7 Å². The molecule has 0 saturated carbocycles. The zero-order valence-electron chi connectivity index (χ0n) is 10.1. The van der Waals surface area contributed by atoms with Gasteiger partial charge in [-0.05, 0) is 29.3 Å². The van der Waals surface area contributed by atoms with Crippen molar-refractivity contribution >= 4 is 21.6 Å². The smallest absolute Gasteiger partial charge is 0.283 e. The Balaban J connectivity index is 2.89. The first-order valence-electron chi connectivity index (χ1n) is 5.73. The number of aliphatic hydroxyl groups excluding tert-OH is 1.